The number of nitro benzene ring substituents is 1. The number of nitrogens with one attached hydrogen (secondary N) is 1. The minimum Gasteiger partial charge on any atom is -0.480 e. The summed E-state index contributed by atoms with van der Waals surface area (Å²) in [5.41, 5.74) is -0.631. The Morgan fingerprint density at radius 2 is 1.70 bits per heavy atom. The van der Waals surface area contributed by atoms with E-state index in [9.17, 15) is 41.7 Å². The summed E-state index contributed by atoms with van der Waals surface area (Å²) in [6.07, 6.45) is -5.96. The molecule has 0 aliphatic rings. The number of halogens is 5. The second-order valence-electron chi connectivity index (χ2n) is 7.82. The third kappa shape index (κ3) is 6.29. The van der Waals surface area contributed by atoms with Gasteiger partial charge in [0.2, 0.25) is 0 Å². The van der Waals surface area contributed by atoms with E-state index in [1.165, 1.54) is 0 Å². The molecule has 0 aromatic heterocycles. The monoisotopic (exact) mass is 526 g/mol. The summed E-state index contributed by atoms with van der Waals surface area (Å²) in [5, 5.41) is 15.3. The maximum Gasteiger partial charge on any atom is 0.456 e. The molecule has 3 aromatic rings. The molecule has 13 heteroatoms. The van der Waals surface area contributed by atoms with E-state index in [0.29, 0.717) is 17.7 Å². The number of nitrogens with zero attached hydrogens (tertiary/aromatic N) is 1. The Morgan fingerprint density at radius 3 is 2.35 bits per heavy atom. The van der Waals surface area contributed by atoms with Crippen molar-refractivity contribution >= 4 is 28.3 Å². The zero-order valence-corrected chi connectivity index (χ0v) is 19.1. The Hall–Kier alpha value is -4.29. The van der Waals surface area contributed by atoms with Crippen LogP contribution in [-0.4, -0.2) is 48.7 Å². The van der Waals surface area contributed by atoms with Crippen LogP contribution in [0.1, 0.15) is 15.9 Å². The van der Waals surface area contributed by atoms with E-state index in [0.717, 1.165) is 23.9 Å². The number of esters is 1. The van der Waals surface area contributed by atoms with Crippen molar-refractivity contribution in [2.75, 3.05) is 13.7 Å². The Bertz CT molecular complexity index is 1320. The SMILES string of the molecule is COC(=O)[C@H](Cc1cccc2ccccc12)NC(=O)c1ccc([N+](=O)[O-])c(OCC(F)(F)C(F)(F)F)c1. The fourth-order valence-corrected chi connectivity index (χ4v) is 3.44. The van der Waals surface area contributed by atoms with Gasteiger partial charge in [0.05, 0.1) is 12.0 Å². The van der Waals surface area contributed by atoms with Crippen LogP contribution in [0.15, 0.2) is 60.7 Å². The molecule has 1 N–H and O–H groups in total. The average molecular weight is 526 g/mol. The van der Waals surface area contributed by atoms with Crippen molar-refractivity contribution in [2.45, 2.75) is 24.6 Å². The van der Waals surface area contributed by atoms with Crippen molar-refractivity contribution in [3.8, 4) is 5.75 Å². The number of benzene rings is 3. The summed E-state index contributed by atoms with van der Waals surface area (Å²) in [5.74, 6) is -8.07. The Kier molecular flexibility index (Phi) is 7.94. The fraction of sp³-hybridized carbons (Fsp3) is 0.250. The number of fused-ring (bicyclic) bond motifs is 1. The second-order valence-corrected chi connectivity index (χ2v) is 7.82. The van der Waals surface area contributed by atoms with Crippen LogP contribution in [-0.2, 0) is 16.0 Å². The highest BCUT2D eigenvalue weighted by Gasteiger charge is 2.58. The molecule has 1 atom stereocenters. The molecule has 0 aliphatic carbocycles. The lowest BCUT2D eigenvalue weighted by molar-refractivity contribution is -0.386. The van der Waals surface area contributed by atoms with E-state index in [2.05, 4.69) is 10.1 Å². The van der Waals surface area contributed by atoms with Crippen molar-refractivity contribution in [3.63, 3.8) is 0 Å². The van der Waals surface area contributed by atoms with E-state index in [1.54, 1.807) is 18.2 Å². The highest BCUT2D eigenvalue weighted by atomic mass is 19.4. The molecule has 3 aromatic carbocycles. The van der Waals surface area contributed by atoms with Crippen LogP contribution in [0.5, 0.6) is 5.75 Å². The number of methoxy groups -OCH3 is 1. The van der Waals surface area contributed by atoms with Gasteiger partial charge in [-0.25, -0.2) is 4.79 Å². The number of hydrogen-bond donors (Lipinski definition) is 1. The number of carbonyl (C=O) groups excluding carboxylic acids is 2. The van der Waals surface area contributed by atoms with Gasteiger partial charge < -0.3 is 14.8 Å². The maximum atomic E-state index is 13.3. The third-order valence-corrected chi connectivity index (χ3v) is 5.34. The highest BCUT2D eigenvalue weighted by Crippen LogP contribution is 2.37. The lowest BCUT2D eigenvalue weighted by Gasteiger charge is -2.20. The summed E-state index contributed by atoms with van der Waals surface area (Å²) < 4.78 is 73.1. The predicted molar refractivity (Wildman–Crippen MR) is 121 cm³/mol. The van der Waals surface area contributed by atoms with Gasteiger partial charge in [-0.2, -0.15) is 22.0 Å². The smallest absolute Gasteiger partial charge is 0.456 e. The van der Waals surface area contributed by atoms with Gasteiger partial charge in [-0.05, 0) is 22.4 Å². The number of nitro groups is 1. The fourth-order valence-electron chi connectivity index (χ4n) is 3.44. The molecule has 0 saturated heterocycles. The lowest BCUT2D eigenvalue weighted by atomic mass is 9.98. The molecule has 196 valence electrons. The zero-order chi connectivity index (χ0) is 27.4. The van der Waals surface area contributed by atoms with Crippen molar-refractivity contribution in [1.29, 1.82) is 0 Å². The summed E-state index contributed by atoms with van der Waals surface area (Å²) in [7, 11) is 1.10. The second kappa shape index (κ2) is 10.8. The highest BCUT2D eigenvalue weighted by molar-refractivity contribution is 5.97. The topological polar surface area (TPSA) is 108 Å². The molecule has 0 heterocycles. The van der Waals surface area contributed by atoms with Crippen LogP contribution in [0.2, 0.25) is 0 Å². The summed E-state index contributed by atoms with van der Waals surface area (Å²) >= 11 is 0. The van der Waals surface area contributed by atoms with E-state index < -0.39 is 53.0 Å². The quantitative estimate of drug-likeness (QED) is 0.185. The Labute approximate surface area is 206 Å². The van der Waals surface area contributed by atoms with Gasteiger partial charge in [0, 0.05) is 24.1 Å². The summed E-state index contributed by atoms with van der Waals surface area (Å²) in [6.45, 7) is -2.24. The average Bonchev–Trinajstić information content (AvgIpc) is 2.85. The zero-order valence-electron chi connectivity index (χ0n) is 19.1. The van der Waals surface area contributed by atoms with Gasteiger partial charge in [-0.15, -0.1) is 0 Å². The summed E-state index contributed by atoms with van der Waals surface area (Å²) in [6, 6.07) is 13.7. The van der Waals surface area contributed by atoms with Gasteiger partial charge in [-0.1, -0.05) is 42.5 Å². The molecule has 1 amide bonds. The molecule has 8 nitrogen and oxygen atoms in total. The van der Waals surface area contributed by atoms with E-state index in [4.69, 9.17) is 4.74 Å². The molecule has 0 bridgehead atoms. The van der Waals surface area contributed by atoms with Crippen molar-refractivity contribution < 1.29 is 45.9 Å². The van der Waals surface area contributed by atoms with E-state index in [1.807, 2.05) is 24.3 Å². The first-order valence-electron chi connectivity index (χ1n) is 10.5. The minimum absolute atomic E-state index is 0.00604. The third-order valence-electron chi connectivity index (χ3n) is 5.34. The van der Waals surface area contributed by atoms with Gasteiger partial charge >= 0.3 is 23.8 Å². The first kappa shape index (κ1) is 27.3. The molecular formula is C24H19F5N2O6. The lowest BCUT2D eigenvalue weighted by Crippen LogP contribution is -2.43. The normalized spacial score (nSPS) is 12.6. The van der Waals surface area contributed by atoms with Gasteiger partial charge in [0.25, 0.3) is 5.91 Å². The standard InChI is InChI=1S/C24H19F5N2O6/c1-36-22(33)18(11-15-7-4-6-14-5-2-3-8-17(14)15)30-21(32)16-9-10-19(31(34)35)20(12-16)37-13-23(25,26)24(27,28)29/h2-10,12,18H,11,13H2,1H3,(H,30,32)/t18-/m0/s1. The van der Waals surface area contributed by atoms with Gasteiger partial charge in [-0.3, -0.25) is 14.9 Å². The molecular weight excluding hydrogens is 507 g/mol. The first-order chi connectivity index (χ1) is 17.3. The number of ether oxygens (including phenoxy) is 2. The molecule has 0 aliphatic heterocycles. The predicted octanol–water partition coefficient (Wildman–Crippen LogP) is 4.84. The molecule has 0 spiro atoms. The number of carbonyl (C=O) groups is 2. The Balaban J connectivity index is 1.87. The van der Waals surface area contributed by atoms with Crippen LogP contribution in [0.25, 0.3) is 10.8 Å². The van der Waals surface area contributed by atoms with E-state index in [-0.39, 0.29) is 12.0 Å². The number of rotatable bonds is 9. The van der Waals surface area contributed by atoms with Gasteiger partial charge in [0.1, 0.15) is 6.04 Å². The minimum atomic E-state index is -5.95. The van der Waals surface area contributed by atoms with Crippen LogP contribution in [0.4, 0.5) is 27.6 Å². The molecule has 0 radical (unpaired) electrons. The van der Waals surface area contributed by atoms with Crippen molar-refractivity contribution in [2.24, 2.45) is 0 Å². The number of amides is 1. The molecule has 0 fully saturated rings. The molecule has 3 rings (SSSR count). The van der Waals surface area contributed by atoms with Crippen molar-refractivity contribution in [3.05, 3.63) is 81.9 Å². The molecule has 37 heavy (non-hydrogen) atoms. The molecule has 0 saturated carbocycles. The summed E-state index contributed by atoms with van der Waals surface area (Å²) in [4.78, 5) is 35.4. The van der Waals surface area contributed by atoms with E-state index >= 15 is 0 Å². The number of alkyl halides is 5. The van der Waals surface area contributed by atoms with Crippen molar-refractivity contribution in [1.82, 2.24) is 5.32 Å². The largest absolute Gasteiger partial charge is 0.480 e. The van der Waals surface area contributed by atoms with Crippen LogP contribution in [0.3, 0.4) is 0 Å². The van der Waals surface area contributed by atoms with Crippen LogP contribution < -0.4 is 10.1 Å². The van der Waals surface area contributed by atoms with Gasteiger partial charge in [0.15, 0.2) is 12.4 Å². The molecule has 0 unspecified atom stereocenters. The Morgan fingerprint density at radius 1 is 1.03 bits per heavy atom. The maximum absolute atomic E-state index is 13.3. The van der Waals surface area contributed by atoms with Crippen LogP contribution >= 0.6 is 0 Å². The number of hydrogen-bond acceptors (Lipinski definition) is 6. The van der Waals surface area contributed by atoms with Crippen LogP contribution in [0, 0.1) is 10.1 Å². The first-order valence-corrected chi connectivity index (χ1v) is 10.5.